The summed E-state index contributed by atoms with van der Waals surface area (Å²) in [5.41, 5.74) is 4.82. The van der Waals surface area contributed by atoms with Crippen molar-refractivity contribution in [2.24, 2.45) is 0 Å². The van der Waals surface area contributed by atoms with E-state index in [-0.39, 0.29) is 0 Å². The first kappa shape index (κ1) is 12.4. The Kier molecular flexibility index (Phi) is 3.34. The second kappa shape index (κ2) is 5.14. The Hall–Kier alpha value is -1.67. The summed E-state index contributed by atoms with van der Waals surface area (Å²) in [5, 5.41) is 0. The van der Waals surface area contributed by atoms with E-state index < -0.39 is 0 Å². The Morgan fingerprint density at radius 3 is 2.53 bits per heavy atom. The van der Waals surface area contributed by atoms with Crippen LogP contribution in [0.4, 0.5) is 0 Å². The molecule has 0 amide bonds. The summed E-state index contributed by atoms with van der Waals surface area (Å²) in [6.07, 6.45) is 2.55. The zero-order valence-electron chi connectivity index (χ0n) is 11.6. The van der Waals surface area contributed by atoms with Gasteiger partial charge in [0.15, 0.2) is 0 Å². The van der Waals surface area contributed by atoms with Crippen molar-refractivity contribution in [2.75, 3.05) is 13.6 Å². The third-order valence-electron chi connectivity index (χ3n) is 4.08. The first-order valence-electron chi connectivity index (χ1n) is 6.99. The van der Waals surface area contributed by atoms with Crippen molar-refractivity contribution >= 4 is 0 Å². The number of aryl methyl sites for hydroxylation is 1. The summed E-state index contributed by atoms with van der Waals surface area (Å²) < 4.78 is 0. The molecule has 1 aromatic carbocycles. The highest BCUT2D eigenvalue weighted by Gasteiger charge is 2.24. The quantitative estimate of drug-likeness (QED) is 0.807. The van der Waals surface area contributed by atoms with Gasteiger partial charge in [0.05, 0.1) is 5.69 Å². The molecule has 19 heavy (non-hydrogen) atoms. The highest BCUT2D eigenvalue weighted by atomic mass is 15.1. The maximum atomic E-state index is 4.80. The molecule has 0 aliphatic carbocycles. The number of pyridine rings is 1. The van der Waals surface area contributed by atoms with Gasteiger partial charge in [-0.15, -0.1) is 0 Å². The zero-order chi connectivity index (χ0) is 13.2. The van der Waals surface area contributed by atoms with E-state index in [4.69, 9.17) is 4.98 Å². The van der Waals surface area contributed by atoms with E-state index in [0.717, 1.165) is 5.69 Å². The van der Waals surface area contributed by atoms with Crippen molar-refractivity contribution in [3.05, 3.63) is 53.7 Å². The van der Waals surface area contributed by atoms with Crippen LogP contribution in [0.1, 0.15) is 30.1 Å². The van der Waals surface area contributed by atoms with Crippen LogP contribution in [0, 0.1) is 6.92 Å². The van der Waals surface area contributed by atoms with E-state index in [9.17, 15) is 0 Å². The van der Waals surface area contributed by atoms with Crippen molar-refractivity contribution in [1.29, 1.82) is 0 Å². The van der Waals surface area contributed by atoms with Gasteiger partial charge >= 0.3 is 0 Å². The molecule has 0 N–H and O–H groups in total. The van der Waals surface area contributed by atoms with Gasteiger partial charge in [0.25, 0.3) is 0 Å². The normalized spacial score (nSPS) is 19.8. The molecule has 1 aliphatic heterocycles. The lowest BCUT2D eigenvalue weighted by molar-refractivity contribution is 0.316. The fraction of sp³-hybridized carbons (Fsp3) is 0.353. The summed E-state index contributed by atoms with van der Waals surface area (Å²) in [4.78, 5) is 7.23. The Morgan fingerprint density at radius 1 is 1.11 bits per heavy atom. The van der Waals surface area contributed by atoms with Crippen LogP contribution in [0.25, 0.3) is 11.3 Å². The maximum Gasteiger partial charge on any atom is 0.0705 e. The van der Waals surface area contributed by atoms with E-state index >= 15 is 0 Å². The lowest BCUT2D eigenvalue weighted by atomic mass is 10.0. The third kappa shape index (κ3) is 2.41. The van der Waals surface area contributed by atoms with Crippen LogP contribution < -0.4 is 0 Å². The lowest BCUT2D eigenvalue weighted by Gasteiger charge is -2.21. The highest BCUT2D eigenvalue weighted by molar-refractivity contribution is 5.59. The molecule has 0 saturated carbocycles. The maximum absolute atomic E-state index is 4.80. The molecule has 1 atom stereocenters. The van der Waals surface area contributed by atoms with Crippen LogP contribution in [0.3, 0.4) is 0 Å². The van der Waals surface area contributed by atoms with Crippen LogP contribution >= 0.6 is 0 Å². The molecule has 2 nitrogen and oxygen atoms in total. The zero-order valence-corrected chi connectivity index (χ0v) is 11.6. The molecule has 1 aliphatic rings. The van der Waals surface area contributed by atoms with Crippen LogP contribution in [-0.2, 0) is 0 Å². The van der Waals surface area contributed by atoms with Gasteiger partial charge in [-0.3, -0.25) is 9.88 Å². The van der Waals surface area contributed by atoms with E-state index in [1.165, 1.54) is 36.2 Å². The smallest absolute Gasteiger partial charge is 0.0705 e. The number of rotatable bonds is 2. The van der Waals surface area contributed by atoms with E-state index in [1.54, 1.807) is 0 Å². The average molecular weight is 252 g/mol. The summed E-state index contributed by atoms with van der Waals surface area (Å²) in [5.74, 6) is 0. The van der Waals surface area contributed by atoms with Gasteiger partial charge in [0.1, 0.15) is 0 Å². The SMILES string of the molecule is Cc1nc(-c2ccccc2)ccc1[C@@H]1CCCN1C. The first-order valence-corrected chi connectivity index (χ1v) is 6.99. The second-order valence-corrected chi connectivity index (χ2v) is 5.38. The Morgan fingerprint density at radius 2 is 1.89 bits per heavy atom. The van der Waals surface area contributed by atoms with Crippen LogP contribution in [0.15, 0.2) is 42.5 Å². The Bertz CT molecular complexity index is 563. The fourth-order valence-corrected chi connectivity index (χ4v) is 3.00. The molecular formula is C17H20N2. The molecule has 1 aromatic heterocycles. The van der Waals surface area contributed by atoms with Crippen molar-refractivity contribution < 1.29 is 0 Å². The number of nitrogens with zero attached hydrogens (tertiary/aromatic N) is 2. The van der Waals surface area contributed by atoms with Gasteiger partial charge in [-0.1, -0.05) is 36.4 Å². The van der Waals surface area contributed by atoms with Crippen LogP contribution in [0.2, 0.25) is 0 Å². The molecule has 3 rings (SSSR count). The monoisotopic (exact) mass is 252 g/mol. The number of hydrogen-bond donors (Lipinski definition) is 0. The van der Waals surface area contributed by atoms with E-state index in [2.05, 4.69) is 55.3 Å². The van der Waals surface area contributed by atoms with Crippen LogP contribution in [0.5, 0.6) is 0 Å². The molecule has 0 spiro atoms. The average Bonchev–Trinajstić information content (AvgIpc) is 2.86. The number of aromatic nitrogens is 1. The Labute approximate surface area is 115 Å². The van der Waals surface area contributed by atoms with E-state index in [0.29, 0.717) is 6.04 Å². The van der Waals surface area contributed by atoms with Crippen molar-refractivity contribution in [3.63, 3.8) is 0 Å². The van der Waals surface area contributed by atoms with Gasteiger partial charge < -0.3 is 0 Å². The minimum absolute atomic E-state index is 0.553. The Balaban J connectivity index is 1.94. The molecule has 2 heteroatoms. The first-order chi connectivity index (χ1) is 9.25. The topological polar surface area (TPSA) is 16.1 Å². The predicted molar refractivity (Wildman–Crippen MR) is 79.0 cm³/mol. The van der Waals surface area contributed by atoms with Gasteiger partial charge in [-0.25, -0.2) is 0 Å². The molecule has 2 aromatic rings. The molecule has 0 bridgehead atoms. The molecule has 98 valence electrons. The summed E-state index contributed by atoms with van der Waals surface area (Å²) in [6, 6.07) is 15.4. The van der Waals surface area contributed by atoms with Gasteiger partial charge in [-0.05, 0) is 45.0 Å². The highest BCUT2D eigenvalue weighted by Crippen LogP contribution is 2.32. The number of benzene rings is 1. The van der Waals surface area contributed by atoms with Crippen LogP contribution in [-0.4, -0.2) is 23.5 Å². The minimum atomic E-state index is 0.553. The standard InChI is InChI=1S/C17H20N2/c1-13-15(17-9-6-12-19(17)2)10-11-16(18-13)14-7-4-3-5-8-14/h3-5,7-8,10-11,17H,6,9,12H2,1-2H3/t17-/m0/s1. The molecule has 1 saturated heterocycles. The van der Waals surface area contributed by atoms with E-state index in [1.807, 2.05) is 6.07 Å². The van der Waals surface area contributed by atoms with Crippen molar-refractivity contribution in [3.8, 4) is 11.3 Å². The lowest BCUT2D eigenvalue weighted by Crippen LogP contribution is -2.18. The summed E-state index contributed by atoms with van der Waals surface area (Å²) in [7, 11) is 2.21. The number of likely N-dealkylation sites (tertiary alicyclic amines) is 1. The predicted octanol–water partition coefficient (Wildman–Crippen LogP) is 3.82. The molecule has 0 radical (unpaired) electrons. The molecule has 1 fully saturated rings. The largest absolute Gasteiger partial charge is 0.299 e. The van der Waals surface area contributed by atoms with Crippen molar-refractivity contribution in [2.45, 2.75) is 25.8 Å². The summed E-state index contributed by atoms with van der Waals surface area (Å²) in [6.45, 7) is 3.33. The molecule has 0 unspecified atom stereocenters. The fourth-order valence-electron chi connectivity index (χ4n) is 3.00. The second-order valence-electron chi connectivity index (χ2n) is 5.38. The number of hydrogen-bond acceptors (Lipinski definition) is 2. The minimum Gasteiger partial charge on any atom is -0.299 e. The van der Waals surface area contributed by atoms with Gasteiger partial charge in [-0.2, -0.15) is 0 Å². The van der Waals surface area contributed by atoms with Crippen molar-refractivity contribution in [1.82, 2.24) is 9.88 Å². The van der Waals surface area contributed by atoms with Gasteiger partial charge in [0, 0.05) is 17.3 Å². The van der Waals surface area contributed by atoms with Gasteiger partial charge in [0.2, 0.25) is 0 Å². The summed E-state index contributed by atoms with van der Waals surface area (Å²) >= 11 is 0. The third-order valence-corrected chi connectivity index (χ3v) is 4.08. The molecule has 2 heterocycles. The molecular weight excluding hydrogens is 232 g/mol.